The Morgan fingerprint density at radius 1 is 1.31 bits per heavy atom. The zero-order valence-corrected chi connectivity index (χ0v) is 10.5. The van der Waals surface area contributed by atoms with Crippen molar-refractivity contribution in [1.29, 1.82) is 0 Å². The minimum Gasteiger partial charge on any atom is -0.272 e. The van der Waals surface area contributed by atoms with Gasteiger partial charge in [0.15, 0.2) is 15.1 Å². The fourth-order valence-electron chi connectivity index (χ4n) is 1.29. The van der Waals surface area contributed by atoms with Crippen molar-refractivity contribution in [2.45, 2.75) is 38.0 Å². The maximum absolute atomic E-state index is 11.6. The van der Waals surface area contributed by atoms with Crippen molar-refractivity contribution in [2.24, 2.45) is 0 Å². The highest BCUT2D eigenvalue weighted by Gasteiger charge is 2.46. The predicted molar refractivity (Wildman–Crippen MR) is 55.9 cm³/mol. The summed E-state index contributed by atoms with van der Waals surface area (Å²) in [6.07, 6.45) is 0.594. The Balaban J connectivity index is 2.93. The van der Waals surface area contributed by atoms with Crippen LogP contribution in [-0.4, -0.2) is 42.4 Å². The van der Waals surface area contributed by atoms with E-state index in [4.69, 9.17) is 4.84 Å². The molecule has 92 valence electrons. The molecule has 0 saturated carbocycles. The van der Waals surface area contributed by atoms with Gasteiger partial charge >= 0.3 is 0 Å². The normalized spacial score (nSPS) is 23.0. The van der Waals surface area contributed by atoms with E-state index in [9.17, 15) is 18.0 Å². The standard InChI is InChI=1S/C9H15NO5S/c1-9(2,3)15-10-7(11)5-6(8(10)12)16(4,13)14/h6H,5H2,1-4H3. The summed E-state index contributed by atoms with van der Waals surface area (Å²) in [5.74, 6) is -1.42. The summed E-state index contributed by atoms with van der Waals surface area (Å²) in [6.45, 7) is 5.00. The molecule has 0 N–H and O–H groups in total. The molecular weight excluding hydrogens is 234 g/mol. The molecule has 1 atom stereocenters. The lowest BCUT2D eigenvalue weighted by Gasteiger charge is -2.24. The van der Waals surface area contributed by atoms with Gasteiger partial charge in [0.25, 0.3) is 11.8 Å². The second kappa shape index (κ2) is 3.81. The molecular formula is C9H15NO5S. The second-order valence-electron chi connectivity index (χ2n) is 4.75. The van der Waals surface area contributed by atoms with Crippen LogP contribution < -0.4 is 0 Å². The smallest absolute Gasteiger partial charge is 0.272 e. The van der Waals surface area contributed by atoms with E-state index in [-0.39, 0.29) is 6.42 Å². The van der Waals surface area contributed by atoms with Crippen molar-refractivity contribution in [1.82, 2.24) is 5.06 Å². The minimum absolute atomic E-state index is 0.340. The molecule has 0 spiro atoms. The molecule has 1 saturated heterocycles. The third kappa shape index (κ3) is 2.79. The van der Waals surface area contributed by atoms with Crippen LogP contribution in [0.25, 0.3) is 0 Å². The first kappa shape index (κ1) is 13.1. The number of imide groups is 1. The molecule has 0 radical (unpaired) electrons. The van der Waals surface area contributed by atoms with Gasteiger partial charge in [-0.2, -0.15) is 5.06 Å². The first-order valence-electron chi connectivity index (χ1n) is 4.77. The van der Waals surface area contributed by atoms with Crippen molar-refractivity contribution in [3.63, 3.8) is 0 Å². The largest absolute Gasteiger partial charge is 0.272 e. The Kier molecular flexibility index (Phi) is 3.13. The summed E-state index contributed by atoms with van der Waals surface area (Å²) >= 11 is 0. The number of carbonyl (C=O) groups is 2. The second-order valence-corrected chi connectivity index (χ2v) is 6.98. The summed E-state index contributed by atoms with van der Waals surface area (Å²) in [5.41, 5.74) is -0.724. The van der Waals surface area contributed by atoms with Gasteiger partial charge in [-0.15, -0.1) is 0 Å². The zero-order valence-electron chi connectivity index (χ0n) is 9.68. The van der Waals surface area contributed by atoms with Crippen molar-refractivity contribution in [3.05, 3.63) is 0 Å². The van der Waals surface area contributed by atoms with Gasteiger partial charge in [-0.3, -0.25) is 14.4 Å². The Hall–Kier alpha value is -0.950. The number of hydrogen-bond acceptors (Lipinski definition) is 5. The van der Waals surface area contributed by atoms with Gasteiger partial charge in [0.05, 0.1) is 12.0 Å². The van der Waals surface area contributed by atoms with Gasteiger partial charge < -0.3 is 0 Å². The van der Waals surface area contributed by atoms with Crippen LogP contribution in [0.2, 0.25) is 0 Å². The molecule has 0 aromatic carbocycles. The fourth-order valence-corrected chi connectivity index (χ4v) is 2.19. The van der Waals surface area contributed by atoms with Gasteiger partial charge in [0.2, 0.25) is 0 Å². The highest BCUT2D eigenvalue weighted by molar-refractivity contribution is 7.92. The van der Waals surface area contributed by atoms with Gasteiger partial charge in [-0.25, -0.2) is 8.42 Å². The van der Waals surface area contributed by atoms with Crippen LogP contribution >= 0.6 is 0 Å². The molecule has 0 aliphatic carbocycles. The van der Waals surface area contributed by atoms with E-state index in [0.717, 1.165) is 6.26 Å². The van der Waals surface area contributed by atoms with Gasteiger partial charge in [-0.1, -0.05) is 0 Å². The number of rotatable bonds is 2. The van der Waals surface area contributed by atoms with Crippen LogP contribution in [0, 0.1) is 0 Å². The molecule has 0 aromatic heterocycles. The molecule has 7 heteroatoms. The Labute approximate surface area is 94.4 Å². The van der Waals surface area contributed by atoms with E-state index >= 15 is 0 Å². The lowest BCUT2D eigenvalue weighted by atomic mass is 10.2. The summed E-state index contributed by atoms with van der Waals surface area (Å²) in [4.78, 5) is 28.2. The molecule has 1 aliphatic rings. The highest BCUT2D eigenvalue weighted by Crippen LogP contribution is 2.23. The molecule has 1 rings (SSSR count). The van der Waals surface area contributed by atoms with Crippen molar-refractivity contribution in [3.8, 4) is 0 Å². The Bertz CT molecular complexity index is 420. The number of amides is 2. The summed E-state index contributed by atoms with van der Waals surface area (Å²) < 4.78 is 22.5. The van der Waals surface area contributed by atoms with Crippen molar-refractivity contribution >= 4 is 21.7 Å². The lowest BCUT2D eigenvalue weighted by molar-refractivity contribution is -0.218. The van der Waals surface area contributed by atoms with Crippen LogP contribution in [0.4, 0.5) is 0 Å². The lowest BCUT2D eigenvalue weighted by Crippen LogP contribution is -2.40. The minimum atomic E-state index is -3.57. The number of hydroxylamine groups is 2. The number of hydrogen-bond donors (Lipinski definition) is 0. The Morgan fingerprint density at radius 3 is 2.12 bits per heavy atom. The quantitative estimate of drug-likeness (QED) is 0.638. The van der Waals surface area contributed by atoms with Crippen molar-refractivity contribution in [2.75, 3.05) is 6.26 Å². The number of carbonyl (C=O) groups excluding carboxylic acids is 2. The molecule has 0 aromatic rings. The predicted octanol–water partition coefficient (Wildman–Crippen LogP) is -0.111. The molecule has 1 heterocycles. The first-order chi connectivity index (χ1) is 7.02. The highest BCUT2D eigenvalue weighted by atomic mass is 32.2. The molecule has 0 bridgehead atoms. The maximum atomic E-state index is 11.6. The van der Waals surface area contributed by atoms with Gasteiger partial charge in [-0.05, 0) is 20.8 Å². The summed E-state index contributed by atoms with van der Waals surface area (Å²) in [6, 6.07) is 0. The third-order valence-electron chi connectivity index (χ3n) is 1.94. The first-order valence-corrected chi connectivity index (χ1v) is 6.72. The van der Waals surface area contributed by atoms with E-state index in [2.05, 4.69) is 0 Å². The van der Waals surface area contributed by atoms with E-state index in [1.165, 1.54) is 0 Å². The third-order valence-corrected chi connectivity index (χ3v) is 3.35. The SMILES string of the molecule is CC(C)(C)ON1C(=O)CC(S(C)(=O)=O)C1=O. The molecule has 16 heavy (non-hydrogen) atoms. The average molecular weight is 249 g/mol. The maximum Gasteiger partial charge on any atom is 0.272 e. The summed E-state index contributed by atoms with van der Waals surface area (Å²) in [7, 11) is -3.57. The summed E-state index contributed by atoms with van der Waals surface area (Å²) in [5, 5.41) is -0.742. The van der Waals surface area contributed by atoms with E-state index in [1.54, 1.807) is 20.8 Å². The molecule has 1 unspecified atom stereocenters. The van der Waals surface area contributed by atoms with Crippen molar-refractivity contribution < 1.29 is 22.8 Å². The van der Waals surface area contributed by atoms with E-state index in [1.807, 2.05) is 0 Å². The number of nitrogens with zero attached hydrogens (tertiary/aromatic N) is 1. The molecule has 2 amide bonds. The molecule has 6 nitrogen and oxygen atoms in total. The topological polar surface area (TPSA) is 80.8 Å². The van der Waals surface area contributed by atoms with Crippen LogP contribution in [0.3, 0.4) is 0 Å². The van der Waals surface area contributed by atoms with Crippen LogP contribution in [0.5, 0.6) is 0 Å². The van der Waals surface area contributed by atoms with Crippen LogP contribution in [0.1, 0.15) is 27.2 Å². The van der Waals surface area contributed by atoms with E-state index in [0.29, 0.717) is 5.06 Å². The average Bonchev–Trinajstić information content (AvgIpc) is 2.28. The fraction of sp³-hybridized carbons (Fsp3) is 0.778. The van der Waals surface area contributed by atoms with Gasteiger partial charge in [0.1, 0.15) is 0 Å². The number of sulfone groups is 1. The monoisotopic (exact) mass is 249 g/mol. The van der Waals surface area contributed by atoms with Gasteiger partial charge in [0, 0.05) is 6.26 Å². The van der Waals surface area contributed by atoms with Crippen LogP contribution in [0.15, 0.2) is 0 Å². The molecule has 1 fully saturated rings. The zero-order chi connectivity index (χ0) is 12.7. The van der Waals surface area contributed by atoms with Crippen LogP contribution in [-0.2, 0) is 24.3 Å². The van der Waals surface area contributed by atoms with E-state index < -0.39 is 32.5 Å². The Morgan fingerprint density at radius 2 is 1.81 bits per heavy atom. The molecule has 1 aliphatic heterocycles.